The molecule has 0 aromatic heterocycles. The van der Waals surface area contributed by atoms with Gasteiger partial charge in [-0.05, 0) is 55.9 Å². The summed E-state index contributed by atoms with van der Waals surface area (Å²) in [5, 5.41) is 4.37. The van der Waals surface area contributed by atoms with Gasteiger partial charge in [-0.25, -0.2) is 5.43 Å². The summed E-state index contributed by atoms with van der Waals surface area (Å²) in [6, 6.07) is 7.12. The molecule has 1 amide bonds. The van der Waals surface area contributed by atoms with Crippen LogP contribution in [0.1, 0.15) is 50.4 Å². The fourth-order valence-electron chi connectivity index (χ4n) is 2.78. The van der Waals surface area contributed by atoms with Crippen molar-refractivity contribution in [2.75, 3.05) is 6.61 Å². The molecule has 4 heteroatoms. The first-order valence-corrected chi connectivity index (χ1v) is 7.72. The van der Waals surface area contributed by atoms with Gasteiger partial charge in [-0.1, -0.05) is 20.3 Å². The van der Waals surface area contributed by atoms with Crippen molar-refractivity contribution in [1.82, 2.24) is 5.43 Å². The van der Waals surface area contributed by atoms with Gasteiger partial charge >= 0.3 is 0 Å². The zero-order valence-electron chi connectivity index (χ0n) is 13.1. The first-order chi connectivity index (χ1) is 10.1. The van der Waals surface area contributed by atoms with Crippen LogP contribution >= 0.6 is 0 Å². The smallest absolute Gasteiger partial charge is 0.271 e. The van der Waals surface area contributed by atoms with E-state index in [1.807, 2.05) is 6.92 Å². The number of amides is 1. The Hall–Kier alpha value is -1.84. The molecule has 4 nitrogen and oxygen atoms in total. The maximum atomic E-state index is 12.1. The molecule has 0 bridgehead atoms. The summed E-state index contributed by atoms with van der Waals surface area (Å²) in [6.07, 6.45) is 3.55. The quantitative estimate of drug-likeness (QED) is 0.860. The lowest BCUT2D eigenvalue weighted by molar-refractivity contribution is 0.0954. The summed E-state index contributed by atoms with van der Waals surface area (Å²) in [5.41, 5.74) is 4.40. The Morgan fingerprint density at radius 2 is 1.86 bits per heavy atom. The van der Waals surface area contributed by atoms with Crippen molar-refractivity contribution < 1.29 is 9.53 Å². The zero-order chi connectivity index (χ0) is 15.2. The van der Waals surface area contributed by atoms with Crippen molar-refractivity contribution in [3.63, 3.8) is 0 Å². The second-order valence-corrected chi connectivity index (χ2v) is 5.67. The summed E-state index contributed by atoms with van der Waals surface area (Å²) >= 11 is 0. The molecule has 21 heavy (non-hydrogen) atoms. The van der Waals surface area contributed by atoms with Gasteiger partial charge in [0, 0.05) is 11.3 Å². The Labute approximate surface area is 126 Å². The number of rotatable bonds is 4. The van der Waals surface area contributed by atoms with Gasteiger partial charge < -0.3 is 4.74 Å². The van der Waals surface area contributed by atoms with Crippen molar-refractivity contribution in [2.45, 2.75) is 40.0 Å². The van der Waals surface area contributed by atoms with E-state index < -0.39 is 0 Å². The summed E-state index contributed by atoms with van der Waals surface area (Å²) in [4.78, 5) is 12.1. The molecule has 1 aliphatic rings. The predicted octanol–water partition coefficient (Wildman–Crippen LogP) is 3.63. The minimum atomic E-state index is -0.171. The summed E-state index contributed by atoms with van der Waals surface area (Å²) in [7, 11) is 0. The monoisotopic (exact) mass is 288 g/mol. The van der Waals surface area contributed by atoms with E-state index in [2.05, 4.69) is 24.4 Å². The number of benzene rings is 1. The van der Waals surface area contributed by atoms with Crippen LogP contribution in [-0.4, -0.2) is 18.2 Å². The minimum Gasteiger partial charge on any atom is -0.494 e. The van der Waals surface area contributed by atoms with E-state index in [-0.39, 0.29) is 5.91 Å². The molecule has 0 radical (unpaired) electrons. The van der Waals surface area contributed by atoms with Crippen molar-refractivity contribution in [1.29, 1.82) is 0 Å². The van der Waals surface area contributed by atoms with E-state index in [0.29, 0.717) is 24.0 Å². The standard InChI is InChI=1S/C17H24N2O2/c1-4-21-15-10-8-14(9-11-15)17(20)19-18-16-12(2)6-5-7-13(16)3/h8-13H,4-7H2,1-3H3,(H,19,20)/t12-,13-/m0/s1. The van der Waals surface area contributed by atoms with Gasteiger partial charge in [0.1, 0.15) is 5.75 Å². The van der Waals surface area contributed by atoms with Gasteiger partial charge in [-0.3, -0.25) is 4.79 Å². The van der Waals surface area contributed by atoms with Crippen LogP contribution in [0.2, 0.25) is 0 Å². The van der Waals surface area contributed by atoms with E-state index in [4.69, 9.17) is 4.74 Å². The number of carbonyl (C=O) groups excluding carboxylic acids is 1. The van der Waals surface area contributed by atoms with Crippen LogP contribution in [0, 0.1) is 11.8 Å². The lowest BCUT2D eigenvalue weighted by atomic mass is 9.81. The van der Waals surface area contributed by atoms with Crippen LogP contribution in [-0.2, 0) is 0 Å². The molecular weight excluding hydrogens is 264 g/mol. The molecule has 2 atom stereocenters. The number of nitrogens with one attached hydrogen (secondary N) is 1. The molecule has 0 heterocycles. The van der Waals surface area contributed by atoms with Gasteiger partial charge in [0.15, 0.2) is 0 Å². The van der Waals surface area contributed by atoms with Crippen molar-refractivity contribution in [2.24, 2.45) is 16.9 Å². The highest BCUT2D eigenvalue weighted by atomic mass is 16.5. The second-order valence-electron chi connectivity index (χ2n) is 5.67. The van der Waals surface area contributed by atoms with E-state index in [9.17, 15) is 4.79 Å². The molecule has 0 saturated heterocycles. The first-order valence-electron chi connectivity index (χ1n) is 7.72. The molecule has 0 unspecified atom stereocenters. The van der Waals surface area contributed by atoms with Crippen LogP contribution in [0.5, 0.6) is 5.75 Å². The predicted molar refractivity (Wildman–Crippen MR) is 84.7 cm³/mol. The first kappa shape index (κ1) is 15.5. The van der Waals surface area contributed by atoms with E-state index in [0.717, 1.165) is 24.3 Å². The highest BCUT2D eigenvalue weighted by Gasteiger charge is 2.23. The third kappa shape index (κ3) is 4.06. The Balaban J connectivity index is 2.00. The SMILES string of the molecule is CCOc1ccc(C(=O)NN=C2[C@@H](C)CCC[C@@H]2C)cc1. The van der Waals surface area contributed by atoms with E-state index in [1.165, 1.54) is 6.42 Å². The van der Waals surface area contributed by atoms with Crippen molar-refractivity contribution in [3.05, 3.63) is 29.8 Å². The van der Waals surface area contributed by atoms with Gasteiger partial charge in [0.2, 0.25) is 0 Å². The van der Waals surface area contributed by atoms with Crippen LogP contribution in [0.25, 0.3) is 0 Å². The van der Waals surface area contributed by atoms with Crippen LogP contribution in [0.4, 0.5) is 0 Å². The molecule has 114 valence electrons. The number of ether oxygens (including phenoxy) is 1. The molecule has 1 N–H and O–H groups in total. The molecule has 1 aliphatic carbocycles. The highest BCUT2D eigenvalue weighted by Crippen LogP contribution is 2.25. The molecule has 0 aliphatic heterocycles. The Bertz CT molecular complexity index is 496. The number of hydrogen-bond acceptors (Lipinski definition) is 3. The zero-order valence-corrected chi connectivity index (χ0v) is 13.1. The van der Waals surface area contributed by atoms with E-state index >= 15 is 0 Å². The topological polar surface area (TPSA) is 50.7 Å². The lowest BCUT2D eigenvalue weighted by Crippen LogP contribution is -2.29. The normalized spacial score (nSPS) is 21.8. The average molecular weight is 288 g/mol. The van der Waals surface area contributed by atoms with Crippen LogP contribution in [0.3, 0.4) is 0 Å². The third-order valence-corrected chi connectivity index (χ3v) is 4.00. The van der Waals surface area contributed by atoms with Gasteiger partial charge in [0.05, 0.1) is 6.61 Å². The lowest BCUT2D eigenvalue weighted by Gasteiger charge is -2.26. The number of hydrogen-bond donors (Lipinski definition) is 1. The van der Waals surface area contributed by atoms with Crippen molar-refractivity contribution >= 4 is 11.6 Å². The molecule has 1 aromatic carbocycles. The van der Waals surface area contributed by atoms with Gasteiger partial charge in [-0.2, -0.15) is 5.10 Å². The van der Waals surface area contributed by atoms with Crippen molar-refractivity contribution in [3.8, 4) is 5.75 Å². The molecule has 1 aromatic rings. The number of nitrogens with zero attached hydrogens (tertiary/aromatic N) is 1. The van der Waals surface area contributed by atoms with Crippen LogP contribution < -0.4 is 10.2 Å². The summed E-state index contributed by atoms with van der Waals surface area (Å²) in [5.74, 6) is 1.51. The largest absolute Gasteiger partial charge is 0.494 e. The fourth-order valence-corrected chi connectivity index (χ4v) is 2.78. The Kier molecular flexibility index (Phi) is 5.37. The fraction of sp³-hybridized carbons (Fsp3) is 0.529. The molecular formula is C17H24N2O2. The van der Waals surface area contributed by atoms with Crippen LogP contribution in [0.15, 0.2) is 29.4 Å². The summed E-state index contributed by atoms with van der Waals surface area (Å²) < 4.78 is 5.36. The number of carbonyl (C=O) groups is 1. The Morgan fingerprint density at radius 3 is 2.43 bits per heavy atom. The summed E-state index contributed by atoms with van der Waals surface area (Å²) in [6.45, 7) is 6.91. The molecule has 1 fully saturated rings. The molecule has 2 rings (SSSR count). The maximum absolute atomic E-state index is 12.1. The Morgan fingerprint density at radius 1 is 1.24 bits per heavy atom. The third-order valence-electron chi connectivity index (χ3n) is 4.00. The highest BCUT2D eigenvalue weighted by molar-refractivity contribution is 5.96. The number of hydrazone groups is 1. The van der Waals surface area contributed by atoms with E-state index in [1.54, 1.807) is 24.3 Å². The van der Waals surface area contributed by atoms with Gasteiger partial charge in [0.25, 0.3) is 5.91 Å². The molecule has 0 spiro atoms. The van der Waals surface area contributed by atoms with Gasteiger partial charge in [-0.15, -0.1) is 0 Å². The second kappa shape index (κ2) is 7.25. The molecule has 1 saturated carbocycles. The minimum absolute atomic E-state index is 0.171. The average Bonchev–Trinajstić information content (AvgIpc) is 2.47. The maximum Gasteiger partial charge on any atom is 0.271 e.